The second-order valence-corrected chi connectivity index (χ2v) is 12.3. The molecule has 1 heterocycles. The van der Waals surface area contributed by atoms with Crippen molar-refractivity contribution in [1.82, 2.24) is 0 Å². The first-order valence-electron chi connectivity index (χ1n) is 15.8. The largest absolute Gasteiger partial charge is 0.504 e. The van der Waals surface area contributed by atoms with Gasteiger partial charge >= 0.3 is 0 Å². The molecule has 1 aliphatic rings. The Morgan fingerprint density at radius 2 is 0.938 bits per heavy atom. The Balaban J connectivity index is 1.25. The number of furan rings is 1. The first-order valence-corrected chi connectivity index (χ1v) is 15.8. The number of phenolic OH excluding ortho intramolecular Hbond substituents is 5. The molecule has 7 aromatic carbocycles. The lowest BCUT2D eigenvalue weighted by Crippen LogP contribution is -1.93. The molecule has 6 heteroatoms. The fourth-order valence-corrected chi connectivity index (χ4v) is 7.37. The number of allylic oxidation sites excluding steroid dienone is 1. The molecule has 0 aliphatic heterocycles. The van der Waals surface area contributed by atoms with E-state index in [1.165, 1.54) is 11.1 Å². The average molecular weight is 629 g/mol. The number of fused-ring (bicyclic) bond motifs is 6. The van der Waals surface area contributed by atoms with Crippen LogP contribution in [0.4, 0.5) is 0 Å². The molecule has 9 rings (SSSR count). The highest BCUT2D eigenvalue weighted by molar-refractivity contribution is 6.22. The van der Waals surface area contributed by atoms with Crippen LogP contribution in [0.2, 0.25) is 0 Å². The van der Waals surface area contributed by atoms with Gasteiger partial charge in [-0.1, -0.05) is 91.0 Å². The van der Waals surface area contributed by atoms with Crippen LogP contribution in [0.25, 0.3) is 82.9 Å². The predicted octanol–water partition coefficient (Wildman–Crippen LogP) is 10.4. The molecular weight excluding hydrogens is 600 g/mol. The summed E-state index contributed by atoms with van der Waals surface area (Å²) in [5.74, 6) is -4.26. The van der Waals surface area contributed by atoms with Crippen molar-refractivity contribution in [3.63, 3.8) is 0 Å². The van der Waals surface area contributed by atoms with Crippen LogP contribution in [0, 0.1) is 0 Å². The van der Waals surface area contributed by atoms with Crippen LogP contribution in [0.5, 0.6) is 28.7 Å². The Morgan fingerprint density at radius 1 is 0.438 bits per heavy atom. The molecule has 232 valence electrons. The normalized spacial score (nSPS) is 12.8. The first kappa shape index (κ1) is 27.9. The Bertz CT molecular complexity index is 2580. The van der Waals surface area contributed by atoms with Gasteiger partial charge in [-0.2, -0.15) is 0 Å². The topological polar surface area (TPSA) is 114 Å². The van der Waals surface area contributed by atoms with Crippen LogP contribution < -0.4 is 0 Å². The van der Waals surface area contributed by atoms with E-state index in [1.807, 2.05) is 36.4 Å². The van der Waals surface area contributed by atoms with Crippen molar-refractivity contribution in [2.24, 2.45) is 0 Å². The summed E-state index contributed by atoms with van der Waals surface area (Å²) in [6.45, 7) is 0. The molecule has 8 aromatic rings. The summed E-state index contributed by atoms with van der Waals surface area (Å²) in [5.41, 5.74) is 8.64. The van der Waals surface area contributed by atoms with Crippen molar-refractivity contribution in [3.05, 3.63) is 120 Å². The highest BCUT2D eigenvalue weighted by Crippen LogP contribution is 2.55. The van der Waals surface area contributed by atoms with Gasteiger partial charge in [-0.3, -0.25) is 0 Å². The van der Waals surface area contributed by atoms with Crippen molar-refractivity contribution in [2.75, 3.05) is 0 Å². The zero-order valence-corrected chi connectivity index (χ0v) is 25.5. The molecule has 48 heavy (non-hydrogen) atoms. The van der Waals surface area contributed by atoms with Crippen LogP contribution in [0.1, 0.15) is 17.5 Å². The van der Waals surface area contributed by atoms with Gasteiger partial charge in [0.2, 0.25) is 17.2 Å². The van der Waals surface area contributed by atoms with Gasteiger partial charge in [0.1, 0.15) is 11.2 Å². The van der Waals surface area contributed by atoms with Crippen molar-refractivity contribution in [3.8, 4) is 62.1 Å². The Labute approximate surface area is 274 Å². The molecule has 1 aromatic heterocycles. The summed E-state index contributed by atoms with van der Waals surface area (Å²) in [5, 5.41) is 57.6. The zero-order valence-electron chi connectivity index (χ0n) is 25.5. The molecule has 0 atom stereocenters. The van der Waals surface area contributed by atoms with Gasteiger partial charge in [-0.25, -0.2) is 0 Å². The van der Waals surface area contributed by atoms with E-state index < -0.39 is 28.7 Å². The van der Waals surface area contributed by atoms with Crippen molar-refractivity contribution >= 4 is 49.6 Å². The third-order valence-electron chi connectivity index (χ3n) is 9.66. The highest BCUT2D eigenvalue weighted by Gasteiger charge is 2.25. The molecule has 6 nitrogen and oxygen atoms in total. The molecule has 0 saturated heterocycles. The average Bonchev–Trinajstić information content (AvgIpc) is 3.48. The molecular formula is C42H28O6. The summed E-state index contributed by atoms with van der Waals surface area (Å²) in [6, 6.07) is 34.7. The van der Waals surface area contributed by atoms with Crippen LogP contribution in [0.3, 0.4) is 0 Å². The molecule has 5 N–H and O–H groups in total. The molecule has 0 amide bonds. The molecule has 0 spiro atoms. The number of phenols is 5. The van der Waals surface area contributed by atoms with Gasteiger partial charge in [-0.15, -0.1) is 0 Å². The second-order valence-electron chi connectivity index (χ2n) is 12.3. The van der Waals surface area contributed by atoms with E-state index in [-0.39, 0.29) is 5.56 Å². The number of hydrogen-bond acceptors (Lipinski definition) is 6. The summed E-state index contributed by atoms with van der Waals surface area (Å²) in [4.78, 5) is 0. The summed E-state index contributed by atoms with van der Waals surface area (Å²) in [7, 11) is 0. The number of rotatable bonds is 3. The molecule has 0 bridgehead atoms. The third kappa shape index (κ3) is 3.99. The third-order valence-corrected chi connectivity index (χ3v) is 9.66. The van der Waals surface area contributed by atoms with Crippen LogP contribution in [-0.4, -0.2) is 25.5 Å². The van der Waals surface area contributed by atoms with Gasteiger partial charge in [0.25, 0.3) is 0 Å². The minimum atomic E-state index is -0.987. The number of benzene rings is 7. The first-order chi connectivity index (χ1) is 23.4. The second kappa shape index (κ2) is 10.3. The van der Waals surface area contributed by atoms with E-state index >= 15 is 0 Å². The summed E-state index contributed by atoms with van der Waals surface area (Å²) in [6.07, 6.45) is 6.50. The maximum Gasteiger partial charge on any atom is 0.208 e. The van der Waals surface area contributed by atoms with E-state index in [0.29, 0.717) is 5.56 Å². The number of aryl methyl sites for hydroxylation is 1. The van der Waals surface area contributed by atoms with Crippen LogP contribution in [-0.2, 0) is 6.42 Å². The quantitative estimate of drug-likeness (QED) is 0.0756. The lowest BCUT2D eigenvalue weighted by molar-refractivity contribution is 0.330. The monoisotopic (exact) mass is 628 g/mol. The van der Waals surface area contributed by atoms with Gasteiger partial charge in [0.15, 0.2) is 11.5 Å². The SMILES string of the molecule is Oc1c(O)c(O)c(-c2ccc(-c3c4ccccc4c(-c4ccc5oc6cc7c(cc6c5c4)C=CCC7)c4ccccc34)cc2)c(O)c1O. The number of hydrogen-bond donors (Lipinski definition) is 5. The van der Waals surface area contributed by atoms with Crippen molar-refractivity contribution < 1.29 is 29.9 Å². The van der Waals surface area contributed by atoms with E-state index in [9.17, 15) is 25.5 Å². The Hall–Kier alpha value is -6.40. The van der Waals surface area contributed by atoms with E-state index in [4.69, 9.17) is 4.42 Å². The molecule has 1 aliphatic carbocycles. The van der Waals surface area contributed by atoms with Gasteiger partial charge in [0.05, 0.1) is 5.56 Å². The minimum Gasteiger partial charge on any atom is -0.504 e. The number of aromatic hydroxyl groups is 5. The lowest BCUT2D eigenvalue weighted by atomic mass is 9.85. The van der Waals surface area contributed by atoms with Crippen molar-refractivity contribution in [2.45, 2.75) is 12.8 Å². The minimum absolute atomic E-state index is 0.182. The van der Waals surface area contributed by atoms with E-state index in [0.717, 1.165) is 78.6 Å². The molecule has 0 radical (unpaired) electrons. The molecule has 0 saturated carbocycles. The lowest BCUT2D eigenvalue weighted by Gasteiger charge is -2.18. The Morgan fingerprint density at radius 3 is 1.54 bits per heavy atom. The Kier molecular flexibility index (Phi) is 5.98. The van der Waals surface area contributed by atoms with E-state index in [1.54, 1.807) is 12.1 Å². The predicted molar refractivity (Wildman–Crippen MR) is 191 cm³/mol. The fourth-order valence-electron chi connectivity index (χ4n) is 7.37. The highest BCUT2D eigenvalue weighted by atomic mass is 16.4. The maximum absolute atomic E-state index is 10.5. The van der Waals surface area contributed by atoms with Gasteiger partial charge in [0, 0.05) is 10.8 Å². The van der Waals surface area contributed by atoms with Crippen LogP contribution >= 0.6 is 0 Å². The summed E-state index contributed by atoms with van der Waals surface area (Å²) < 4.78 is 6.34. The summed E-state index contributed by atoms with van der Waals surface area (Å²) >= 11 is 0. The zero-order chi connectivity index (χ0) is 32.7. The van der Waals surface area contributed by atoms with Crippen molar-refractivity contribution in [1.29, 1.82) is 0 Å². The van der Waals surface area contributed by atoms with Crippen LogP contribution in [0.15, 0.2) is 114 Å². The van der Waals surface area contributed by atoms with Gasteiger partial charge < -0.3 is 29.9 Å². The fraction of sp³-hybridized carbons (Fsp3) is 0.0476. The molecule has 0 unspecified atom stereocenters. The standard InChI is InChI=1S/C42H28O6/c43-38-37(39(44)41(46)42(47)40(38)45)23-15-13-22(14-16-23)35-27-9-3-5-11-29(27)36(30-12-6-4-10-28(30)35)26-17-18-33-31(20-26)32-19-24-7-1-2-8-25(24)21-34(32)48-33/h1,3-7,9-21,43-47H,2,8H2. The maximum atomic E-state index is 10.5. The van der Waals surface area contributed by atoms with E-state index in [2.05, 4.69) is 66.7 Å². The smallest absolute Gasteiger partial charge is 0.208 e. The van der Waals surface area contributed by atoms with Gasteiger partial charge in [-0.05, 0) is 97.6 Å². The molecule has 0 fully saturated rings.